The van der Waals surface area contributed by atoms with Gasteiger partial charge in [-0.1, -0.05) is 66.4 Å². The number of carbonyl (C=O) groups is 2. The Morgan fingerprint density at radius 2 is 1.53 bits per heavy atom. The van der Waals surface area contributed by atoms with Crippen molar-refractivity contribution in [3.05, 3.63) is 89.0 Å². The van der Waals surface area contributed by atoms with Crippen molar-refractivity contribution in [3.63, 3.8) is 0 Å². The fourth-order valence-electron chi connectivity index (χ4n) is 4.57. The average molecular weight is 523 g/mol. The molecule has 0 unspecified atom stereocenters. The molecule has 1 aliphatic rings. The molecule has 0 saturated heterocycles. The van der Waals surface area contributed by atoms with E-state index in [1.807, 2.05) is 18.2 Å². The molecule has 0 amide bonds. The van der Waals surface area contributed by atoms with Crippen molar-refractivity contribution in [3.8, 4) is 45.7 Å². The fourth-order valence-corrected chi connectivity index (χ4v) is 5.45. The number of fused-ring (bicyclic) bond motifs is 3. The van der Waals surface area contributed by atoms with Crippen LogP contribution >= 0.6 is 11.8 Å². The summed E-state index contributed by atoms with van der Waals surface area (Å²) in [5.74, 6) is 0.920. The van der Waals surface area contributed by atoms with Crippen LogP contribution in [0.5, 0.6) is 17.2 Å². The third kappa shape index (κ3) is 4.17. The Kier molecular flexibility index (Phi) is 6.86. The second-order valence-electron chi connectivity index (χ2n) is 8.37. The Balaban J connectivity index is 1.73. The maximum atomic E-state index is 13.6. The molecule has 38 heavy (non-hydrogen) atoms. The van der Waals surface area contributed by atoms with Gasteiger partial charge in [-0.2, -0.15) is 5.26 Å². The molecule has 3 aromatic carbocycles. The molecule has 0 bridgehead atoms. The lowest BCUT2D eigenvalue weighted by Gasteiger charge is -2.17. The summed E-state index contributed by atoms with van der Waals surface area (Å²) in [7, 11) is 4.50. The lowest BCUT2D eigenvalue weighted by molar-refractivity contribution is 0.101. The standard InChI is InChI=1S/C30H22N2O5S/c1-35-23-13-18(14-24(36-2)29(23)37-3)25-21(15-31)30(38-16-22(33)17-9-5-4-6-10-17)32-27-19-11-7-8-12-20(19)28(34)26(25)27/h4-14H,16H2,1-3H3. The van der Waals surface area contributed by atoms with Gasteiger partial charge in [0.25, 0.3) is 0 Å². The number of carbonyl (C=O) groups excluding carboxylic acids is 2. The van der Waals surface area contributed by atoms with Crippen molar-refractivity contribution >= 4 is 23.3 Å². The Morgan fingerprint density at radius 3 is 2.13 bits per heavy atom. The van der Waals surface area contributed by atoms with E-state index in [-0.39, 0.29) is 22.9 Å². The predicted molar refractivity (Wildman–Crippen MR) is 144 cm³/mol. The number of Topliss-reactive ketones (excluding diaryl/α,β-unsaturated/α-hetero) is 1. The minimum Gasteiger partial charge on any atom is -0.493 e. The van der Waals surface area contributed by atoms with E-state index in [9.17, 15) is 14.9 Å². The summed E-state index contributed by atoms with van der Waals surface area (Å²) in [5.41, 5.74) is 3.71. The molecule has 8 heteroatoms. The molecule has 7 nitrogen and oxygen atoms in total. The number of nitriles is 1. The number of rotatable bonds is 8. The molecule has 0 spiro atoms. The highest BCUT2D eigenvalue weighted by molar-refractivity contribution is 8.00. The number of hydrogen-bond acceptors (Lipinski definition) is 8. The van der Waals surface area contributed by atoms with Crippen LogP contribution < -0.4 is 14.2 Å². The van der Waals surface area contributed by atoms with Crippen molar-refractivity contribution in [2.24, 2.45) is 0 Å². The molecule has 0 N–H and O–H groups in total. The first kappa shape index (κ1) is 25.1. The summed E-state index contributed by atoms with van der Waals surface area (Å²) < 4.78 is 16.5. The monoisotopic (exact) mass is 522 g/mol. The largest absolute Gasteiger partial charge is 0.493 e. The van der Waals surface area contributed by atoms with Crippen molar-refractivity contribution in [2.75, 3.05) is 27.1 Å². The highest BCUT2D eigenvalue weighted by atomic mass is 32.2. The zero-order chi connectivity index (χ0) is 26.8. The van der Waals surface area contributed by atoms with E-state index in [4.69, 9.17) is 19.2 Å². The molecule has 188 valence electrons. The topological polar surface area (TPSA) is 98.5 Å². The molecule has 5 rings (SSSR count). The first-order chi connectivity index (χ1) is 18.5. The normalized spacial score (nSPS) is 11.4. The quantitative estimate of drug-likeness (QED) is 0.185. The lowest BCUT2D eigenvalue weighted by Crippen LogP contribution is -2.07. The zero-order valence-electron chi connectivity index (χ0n) is 20.9. The van der Waals surface area contributed by atoms with E-state index in [0.717, 1.165) is 0 Å². The van der Waals surface area contributed by atoms with Crippen LogP contribution in [0.4, 0.5) is 0 Å². The van der Waals surface area contributed by atoms with E-state index in [1.165, 1.54) is 33.1 Å². The van der Waals surface area contributed by atoms with Crippen LogP contribution in [0.2, 0.25) is 0 Å². The first-order valence-corrected chi connectivity index (χ1v) is 12.6. The van der Waals surface area contributed by atoms with Crippen LogP contribution in [0, 0.1) is 11.3 Å². The molecule has 0 radical (unpaired) electrons. The molecule has 1 aliphatic carbocycles. The van der Waals surface area contributed by atoms with Crippen LogP contribution in [0.25, 0.3) is 22.4 Å². The van der Waals surface area contributed by atoms with E-state index in [0.29, 0.717) is 61.3 Å². The van der Waals surface area contributed by atoms with E-state index in [1.54, 1.807) is 48.5 Å². The lowest BCUT2D eigenvalue weighted by atomic mass is 9.93. The van der Waals surface area contributed by atoms with Crippen molar-refractivity contribution in [1.82, 2.24) is 4.98 Å². The number of thioether (sulfide) groups is 1. The number of ketones is 2. The van der Waals surface area contributed by atoms with Crippen LogP contribution in [-0.2, 0) is 0 Å². The highest BCUT2D eigenvalue weighted by Crippen LogP contribution is 2.48. The number of ether oxygens (including phenoxy) is 3. The molecule has 0 saturated carbocycles. The van der Waals surface area contributed by atoms with Gasteiger partial charge < -0.3 is 14.2 Å². The molecule has 0 fully saturated rings. The average Bonchev–Trinajstić information content (AvgIpc) is 3.25. The fraction of sp³-hybridized carbons (Fsp3) is 0.133. The second-order valence-corrected chi connectivity index (χ2v) is 9.33. The minimum atomic E-state index is -0.222. The van der Waals surface area contributed by atoms with Crippen molar-refractivity contribution in [1.29, 1.82) is 5.26 Å². The summed E-state index contributed by atoms with van der Waals surface area (Å²) in [4.78, 5) is 31.3. The summed E-state index contributed by atoms with van der Waals surface area (Å²) >= 11 is 1.17. The van der Waals surface area contributed by atoms with Crippen LogP contribution in [0.1, 0.15) is 31.8 Å². The van der Waals surface area contributed by atoms with Gasteiger partial charge in [-0.3, -0.25) is 9.59 Å². The van der Waals surface area contributed by atoms with Gasteiger partial charge in [-0.05, 0) is 17.7 Å². The third-order valence-electron chi connectivity index (χ3n) is 6.32. The maximum absolute atomic E-state index is 13.6. The van der Waals surface area contributed by atoms with Gasteiger partial charge in [0.05, 0.1) is 43.9 Å². The highest BCUT2D eigenvalue weighted by Gasteiger charge is 2.35. The first-order valence-electron chi connectivity index (χ1n) is 11.7. The minimum absolute atomic E-state index is 0.0781. The van der Waals surface area contributed by atoms with Crippen molar-refractivity contribution in [2.45, 2.75) is 5.03 Å². The van der Waals surface area contributed by atoms with E-state index < -0.39 is 0 Å². The Morgan fingerprint density at radius 1 is 0.895 bits per heavy atom. The van der Waals surface area contributed by atoms with Gasteiger partial charge in [-0.25, -0.2) is 4.98 Å². The van der Waals surface area contributed by atoms with Gasteiger partial charge in [0.2, 0.25) is 5.75 Å². The van der Waals surface area contributed by atoms with E-state index >= 15 is 0 Å². The smallest absolute Gasteiger partial charge is 0.203 e. The molecule has 1 heterocycles. The van der Waals surface area contributed by atoms with Gasteiger partial charge >= 0.3 is 0 Å². The Bertz CT molecular complexity index is 1600. The predicted octanol–water partition coefficient (Wildman–Crippen LogP) is 5.83. The van der Waals surface area contributed by atoms with Crippen molar-refractivity contribution < 1.29 is 23.8 Å². The SMILES string of the molecule is COc1cc(-c2c(C#N)c(SCC(=O)c3ccccc3)nc3c2C(=O)c2ccccc2-3)cc(OC)c1OC. The number of pyridine rings is 1. The number of aromatic nitrogens is 1. The number of nitrogens with zero attached hydrogens (tertiary/aromatic N) is 2. The second kappa shape index (κ2) is 10.4. The zero-order valence-corrected chi connectivity index (χ0v) is 21.7. The molecular weight excluding hydrogens is 500 g/mol. The maximum Gasteiger partial charge on any atom is 0.203 e. The van der Waals surface area contributed by atoms with Crippen LogP contribution in [0.15, 0.2) is 71.8 Å². The molecule has 0 atom stereocenters. The third-order valence-corrected chi connectivity index (χ3v) is 7.29. The summed E-state index contributed by atoms with van der Waals surface area (Å²) in [6.45, 7) is 0. The number of methoxy groups -OCH3 is 3. The molecule has 1 aromatic heterocycles. The Labute approximate surface area is 224 Å². The molecular formula is C30H22N2O5S. The molecule has 0 aliphatic heterocycles. The Hall–Kier alpha value is -4.61. The summed E-state index contributed by atoms with van der Waals surface area (Å²) in [6.07, 6.45) is 0. The molecule has 4 aromatic rings. The summed E-state index contributed by atoms with van der Waals surface area (Å²) in [6, 6.07) is 21.8. The summed E-state index contributed by atoms with van der Waals surface area (Å²) in [5, 5.41) is 10.7. The van der Waals surface area contributed by atoms with Crippen LogP contribution in [-0.4, -0.2) is 43.6 Å². The van der Waals surface area contributed by atoms with E-state index in [2.05, 4.69) is 6.07 Å². The van der Waals surface area contributed by atoms with Gasteiger partial charge in [-0.15, -0.1) is 0 Å². The van der Waals surface area contributed by atoms with Crippen LogP contribution in [0.3, 0.4) is 0 Å². The van der Waals surface area contributed by atoms with Gasteiger partial charge in [0.15, 0.2) is 23.1 Å². The van der Waals surface area contributed by atoms with Gasteiger partial charge in [0.1, 0.15) is 11.1 Å². The number of hydrogen-bond donors (Lipinski definition) is 0. The number of benzene rings is 3. The van der Waals surface area contributed by atoms with Gasteiger partial charge in [0, 0.05) is 22.3 Å².